The molecule has 0 atom stereocenters. The van der Waals surface area contributed by atoms with E-state index in [2.05, 4.69) is 43.4 Å². The third kappa shape index (κ3) is 8.86. The maximum Gasteiger partial charge on any atom is 0.267 e. The number of phenols is 1. The molecule has 0 amide bonds. The average Bonchev–Trinajstić information content (AvgIpc) is 2.30. The molecular weight excluding hydrogens is 425 g/mol. The third-order valence-electron chi connectivity index (χ3n) is 2.58. The van der Waals surface area contributed by atoms with E-state index in [1.165, 1.54) is 5.56 Å². The van der Waals surface area contributed by atoms with E-state index in [1.54, 1.807) is 0 Å². The van der Waals surface area contributed by atoms with E-state index < -0.39 is 22.5 Å². The topological polar surface area (TPSA) is 152 Å². The predicted molar refractivity (Wildman–Crippen MR) is 94.5 cm³/mol. The van der Waals surface area contributed by atoms with Crippen LogP contribution in [0.15, 0.2) is 12.1 Å². The Morgan fingerprint density at radius 1 is 1.27 bits per heavy atom. The SMILES string of the molecule is CC(C)(C)c1cc(I)c(O)c(CN)c1.O.O=S(=O)(O)CCO. The first-order valence-corrected chi connectivity index (χ1v) is 8.89. The number of nitrogens with two attached hydrogens (primary N) is 1. The fraction of sp³-hybridized carbons (Fsp3) is 0.538. The molecule has 7 nitrogen and oxygen atoms in total. The van der Waals surface area contributed by atoms with Gasteiger partial charge in [0.25, 0.3) is 10.1 Å². The maximum absolute atomic E-state index is 9.70. The van der Waals surface area contributed by atoms with Crippen molar-refractivity contribution in [3.63, 3.8) is 0 Å². The molecule has 0 saturated carbocycles. The molecule has 22 heavy (non-hydrogen) atoms. The Morgan fingerprint density at radius 3 is 2.05 bits per heavy atom. The van der Waals surface area contributed by atoms with Crippen molar-refractivity contribution in [1.82, 2.24) is 0 Å². The summed E-state index contributed by atoms with van der Waals surface area (Å²) in [7, 11) is -3.92. The van der Waals surface area contributed by atoms with Gasteiger partial charge in [0, 0.05) is 12.1 Å². The molecule has 0 aliphatic rings. The standard InChI is InChI=1S/C11H16INO.C2H6O4S.H2O/c1-11(2,3)8-4-7(6-13)10(14)9(12)5-8;3-1-2-7(4,5)6;/h4-5,14H,6,13H2,1-3H3;3H,1-2H2,(H,4,5,6);1H2. The van der Waals surface area contributed by atoms with Gasteiger partial charge >= 0.3 is 0 Å². The number of halogens is 1. The first-order chi connectivity index (χ1) is 9.42. The second kappa shape index (κ2) is 9.63. The van der Waals surface area contributed by atoms with Gasteiger partial charge in [-0.05, 0) is 39.6 Å². The fourth-order valence-corrected chi connectivity index (χ4v) is 2.27. The highest BCUT2D eigenvalue weighted by Crippen LogP contribution is 2.31. The van der Waals surface area contributed by atoms with Crippen LogP contribution in [0.1, 0.15) is 31.9 Å². The Bertz CT molecular complexity index is 569. The number of benzene rings is 1. The van der Waals surface area contributed by atoms with Gasteiger partial charge in [-0.1, -0.05) is 26.8 Å². The monoisotopic (exact) mass is 449 g/mol. The molecule has 0 heterocycles. The number of aliphatic hydroxyl groups is 1. The molecule has 0 aliphatic carbocycles. The molecular formula is C13H24INO6S. The zero-order valence-corrected chi connectivity index (χ0v) is 15.8. The second-order valence-corrected chi connectivity index (χ2v) is 8.16. The Balaban J connectivity index is 0. The summed E-state index contributed by atoms with van der Waals surface area (Å²) in [5, 5.41) is 17.6. The third-order valence-corrected chi connectivity index (χ3v) is 4.10. The van der Waals surface area contributed by atoms with E-state index >= 15 is 0 Å². The summed E-state index contributed by atoms with van der Waals surface area (Å²) in [5.74, 6) is -0.256. The molecule has 0 aromatic heterocycles. The van der Waals surface area contributed by atoms with Crippen LogP contribution >= 0.6 is 22.6 Å². The van der Waals surface area contributed by atoms with Crippen LogP contribution in [0.25, 0.3) is 0 Å². The average molecular weight is 449 g/mol. The van der Waals surface area contributed by atoms with Crippen LogP contribution in [0, 0.1) is 3.57 Å². The van der Waals surface area contributed by atoms with Gasteiger partial charge < -0.3 is 21.4 Å². The van der Waals surface area contributed by atoms with Gasteiger partial charge in [-0.25, -0.2) is 0 Å². The van der Waals surface area contributed by atoms with E-state index in [4.69, 9.17) is 15.4 Å². The smallest absolute Gasteiger partial charge is 0.267 e. The lowest BCUT2D eigenvalue weighted by molar-refractivity contribution is 0.315. The van der Waals surface area contributed by atoms with Crippen LogP contribution in [-0.4, -0.2) is 41.0 Å². The highest BCUT2D eigenvalue weighted by Gasteiger charge is 2.17. The van der Waals surface area contributed by atoms with Gasteiger partial charge in [0.1, 0.15) is 5.75 Å². The minimum Gasteiger partial charge on any atom is -0.507 e. The Morgan fingerprint density at radius 2 is 1.77 bits per heavy atom. The summed E-state index contributed by atoms with van der Waals surface area (Å²) in [4.78, 5) is 0. The zero-order chi connectivity index (χ0) is 16.8. The van der Waals surface area contributed by atoms with E-state index in [1.807, 2.05) is 12.1 Å². The molecule has 1 aromatic carbocycles. The van der Waals surface area contributed by atoms with E-state index in [9.17, 15) is 13.5 Å². The largest absolute Gasteiger partial charge is 0.507 e. The van der Waals surface area contributed by atoms with Crippen molar-refractivity contribution in [2.24, 2.45) is 5.73 Å². The molecule has 9 heteroatoms. The van der Waals surface area contributed by atoms with Crippen molar-refractivity contribution in [2.45, 2.75) is 32.7 Å². The number of aromatic hydroxyl groups is 1. The molecule has 130 valence electrons. The van der Waals surface area contributed by atoms with Gasteiger partial charge in [-0.15, -0.1) is 0 Å². The summed E-state index contributed by atoms with van der Waals surface area (Å²) >= 11 is 2.13. The normalized spacial score (nSPS) is 11.2. The van der Waals surface area contributed by atoms with Gasteiger partial charge in [0.15, 0.2) is 0 Å². The summed E-state index contributed by atoms with van der Waals surface area (Å²) in [6, 6.07) is 3.99. The molecule has 0 spiro atoms. The minimum absolute atomic E-state index is 0. The maximum atomic E-state index is 9.70. The lowest BCUT2D eigenvalue weighted by Gasteiger charge is -2.21. The Kier molecular flexibility index (Phi) is 10.4. The number of hydrogen-bond acceptors (Lipinski definition) is 5. The van der Waals surface area contributed by atoms with Crippen LogP contribution in [0.4, 0.5) is 0 Å². The van der Waals surface area contributed by atoms with E-state index in [-0.39, 0.29) is 10.9 Å². The molecule has 0 bridgehead atoms. The molecule has 7 N–H and O–H groups in total. The highest BCUT2D eigenvalue weighted by atomic mass is 127. The lowest BCUT2D eigenvalue weighted by atomic mass is 9.86. The van der Waals surface area contributed by atoms with Crippen LogP contribution in [-0.2, 0) is 22.1 Å². The number of phenolic OH excluding ortho intramolecular Hbond substituents is 1. The number of hydrogen-bond donors (Lipinski definition) is 4. The van der Waals surface area contributed by atoms with Crippen molar-refractivity contribution < 1.29 is 28.7 Å². The van der Waals surface area contributed by atoms with Crippen LogP contribution < -0.4 is 5.73 Å². The molecule has 0 aliphatic heterocycles. The first kappa shape index (κ1) is 23.8. The van der Waals surface area contributed by atoms with Crippen molar-refractivity contribution in [1.29, 1.82) is 0 Å². The van der Waals surface area contributed by atoms with Gasteiger partial charge in [0.2, 0.25) is 0 Å². The quantitative estimate of drug-likeness (QED) is 0.396. The summed E-state index contributed by atoms with van der Waals surface area (Å²) in [6.07, 6.45) is 0. The number of rotatable bonds is 3. The Hall–Kier alpha value is -0.460. The number of aliphatic hydroxyl groups excluding tert-OH is 1. The van der Waals surface area contributed by atoms with Crippen LogP contribution in [0.5, 0.6) is 5.75 Å². The van der Waals surface area contributed by atoms with Crippen molar-refractivity contribution in [3.8, 4) is 5.75 Å². The lowest BCUT2D eigenvalue weighted by Crippen LogP contribution is -2.12. The van der Waals surface area contributed by atoms with Crippen molar-refractivity contribution in [2.75, 3.05) is 12.4 Å². The summed E-state index contributed by atoms with van der Waals surface area (Å²) in [5.41, 5.74) is 7.69. The summed E-state index contributed by atoms with van der Waals surface area (Å²) < 4.78 is 28.0. The second-order valence-electron chi connectivity index (χ2n) is 5.43. The van der Waals surface area contributed by atoms with Gasteiger partial charge in [-0.3, -0.25) is 4.55 Å². The molecule has 0 saturated heterocycles. The summed E-state index contributed by atoms with van der Waals surface area (Å²) in [6.45, 7) is 6.30. The van der Waals surface area contributed by atoms with Crippen molar-refractivity contribution >= 4 is 32.7 Å². The fourth-order valence-electron chi connectivity index (χ4n) is 1.36. The minimum atomic E-state index is -3.92. The first-order valence-electron chi connectivity index (χ1n) is 6.20. The molecule has 1 aromatic rings. The van der Waals surface area contributed by atoms with Crippen LogP contribution in [0.3, 0.4) is 0 Å². The molecule has 0 radical (unpaired) electrons. The van der Waals surface area contributed by atoms with Gasteiger partial charge in [0.05, 0.1) is 15.9 Å². The van der Waals surface area contributed by atoms with E-state index in [0.717, 1.165) is 9.13 Å². The molecule has 1 rings (SSSR count). The Labute approximate surface area is 144 Å². The van der Waals surface area contributed by atoms with Crippen LogP contribution in [0.2, 0.25) is 0 Å². The van der Waals surface area contributed by atoms with E-state index in [0.29, 0.717) is 12.3 Å². The van der Waals surface area contributed by atoms with Crippen molar-refractivity contribution in [3.05, 3.63) is 26.8 Å². The molecule has 0 unspecified atom stereocenters. The predicted octanol–water partition coefficient (Wildman–Crippen LogP) is 0.795. The zero-order valence-electron chi connectivity index (χ0n) is 12.8. The molecule has 0 fully saturated rings. The van der Waals surface area contributed by atoms with Gasteiger partial charge in [-0.2, -0.15) is 8.42 Å². The highest BCUT2D eigenvalue weighted by molar-refractivity contribution is 14.1.